The summed E-state index contributed by atoms with van der Waals surface area (Å²) in [5, 5.41) is 5.68. The van der Waals surface area contributed by atoms with Crippen molar-refractivity contribution < 1.29 is 0 Å². The van der Waals surface area contributed by atoms with Crippen molar-refractivity contribution in [2.24, 2.45) is 5.73 Å². The molecule has 2 aromatic carbocycles. The van der Waals surface area contributed by atoms with Gasteiger partial charge in [-0.2, -0.15) is 0 Å². The van der Waals surface area contributed by atoms with Crippen LogP contribution < -0.4 is 11.1 Å². The maximum atomic E-state index is 6.19. The van der Waals surface area contributed by atoms with Crippen LogP contribution in [0.15, 0.2) is 97.3 Å². The van der Waals surface area contributed by atoms with Crippen LogP contribution in [0.3, 0.4) is 0 Å². The average Bonchev–Trinajstić information content (AvgIpc) is 2.97. The van der Waals surface area contributed by atoms with E-state index in [9.17, 15) is 0 Å². The van der Waals surface area contributed by atoms with Gasteiger partial charge < -0.3 is 11.1 Å². The van der Waals surface area contributed by atoms with Gasteiger partial charge in [-0.15, -0.1) is 0 Å². The molecule has 0 atom stereocenters. The summed E-state index contributed by atoms with van der Waals surface area (Å²) in [5.41, 5.74) is 13.8. The first-order chi connectivity index (χ1) is 19.0. The Morgan fingerprint density at radius 2 is 1.21 bits per heavy atom. The van der Waals surface area contributed by atoms with Gasteiger partial charge in [-0.25, -0.2) is 9.97 Å². The largest absolute Gasteiger partial charge is 0.368 e. The molecule has 0 radical (unpaired) electrons. The summed E-state index contributed by atoms with van der Waals surface area (Å²) in [6, 6.07) is 28.3. The molecule has 0 aliphatic carbocycles. The number of halogens is 1. The Morgan fingerprint density at radius 3 is 1.77 bits per heavy atom. The van der Waals surface area contributed by atoms with Crippen molar-refractivity contribution in [3.63, 3.8) is 0 Å². The number of pyridine rings is 4. The topological polar surface area (TPSA) is 89.6 Å². The van der Waals surface area contributed by atoms with Gasteiger partial charge in [-0.1, -0.05) is 71.3 Å². The van der Waals surface area contributed by atoms with Crippen molar-refractivity contribution in [3.05, 3.63) is 114 Å². The van der Waals surface area contributed by atoms with Crippen LogP contribution in [0.25, 0.3) is 44.3 Å². The molecule has 0 saturated carbocycles. The summed E-state index contributed by atoms with van der Waals surface area (Å²) in [7, 11) is 0. The van der Waals surface area contributed by atoms with E-state index in [2.05, 4.69) is 70.5 Å². The molecule has 4 aromatic heterocycles. The Morgan fingerprint density at radius 1 is 0.692 bits per heavy atom. The molecule has 0 saturated heterocycles. The van der Waals surface area contributed by atoms with Crippen molar-refractivity contribution in [2.45, 2.75) is 13.8 Å². The lowest BCUT2D eigenvalue weighted by molar-refractivity contribution is 1.02. The number of hydrogen-bond donors (Lipinski definition) is 2. The first-order valence-electron chi connectivity index (χ1n) is 12.8. The first-order valence-corrected chi connectivity index (χ1v) is 13.1. The number of nitrogens with one attached hydrogen (secondary N) is 1. The number of benzene rings is 2. The van der Waals surface area contributed by atoms with Gasteiger partial charge in [0.05, 0.1) is 22.4 Å². The lowest BCUT2D eigenvalue weighted by Gasteiger charge is -2.10. The number of nitrogens with two attached hydrogens (primary N) is 1. The third kappa shape index (κ3) is 6.20. The molecule has 0 spiro atoms. The smallest absolute Gasteiger partial charge is 0.139 e. The minimum absolute atomic E-state index is 0.496. The van der Waals surface area contributed by atoms with Gasteiger partial charge in [0, 0.05) is 47.4 Å². The summed E-state index contributed by atoms with van der Waals surface area (Å²) in [5.74, 6) is 0.835. The van der Waals surface area contributed by atoms with Crippen molar-refractivity contribution in [2.75, 3.05) is 18.4 Å². The monoisotopic (exact) mass is 532 g/mol. The first kappa shape index (κ1) is 26.2. The van der Waals surface area contributed by atoms with Crippen LogP contribution in [0, 0.1) is 13.8 Å². The van der Waals surface area contributed by atoms with E-state index in [1.807, 2.05) is 48.5 Å². The molecular weight excluding hydrogens is 504 g/mol. The number of hydrogen-bond acceptors (Lipinski definition) is 6. The molecule has 3 N–H and O–H groups in total. The van der Waals surface area contributed by atoms with Crippen molar-refractivity contribution >= 4 is 39.2 Å². The highest BCUT2D eigenvalue weighted by Crippen LogP contribution is 2.28. The Balaban J connectivity index is 0.000000160. The Kier molecular flexibility index (Phi) is 8.06. The summed E-state index contributed by atoms with van der Waals surface area (Å²) >= 11 is 6.19. The van der Waals surface area contributed by atoms with E-state index in [-0.39, 0.29) is 0 Å². The Hall–Kier alpha value is -4.39. The van der Waals surface area contributed by atoms with Crippen LogP contribution in [0.2, 0.25) is 5.15 Å². The van der Waals surface area contributed by atoms with Crippen LogP contribution in [0.5, 0.6) is 0 Å². The number of nitrogens with zero attached hydrogens (tertiary/aromatic N) is 4. The Labute approximate surface area is 233 Å². The van der Waals surface area contributed by atoms with E-state index in [4.69, 9.17) is 22.3 Å². The summed E-state index contributed by atoms with van der Waals surface area (Å²) in [6.07, 6.45) is 3.56. The molecule has 0 amide bonds. The van der Waals surface area contributed by atoms with Crippen LogP contribution in [-0.2, 0) is 0 Å². The van der Waals surface area contributed by atoms with Gasteiger partial charge in [-0.3, -0.25) is 9.97 Å². The number of fused-ring (bicyclic) bond motifs is 2. The maximum Gasteiger partial charge on any atom is 0.139 e. The van der Waals surface area contributed by atoms with Gasteiger partial charge >= 0.3 is 0 Å². The van der Waals surface area contributed by atoms with Gasteiger partial charge in [0.2, 0.25) is 0 Å². The van der Waals surface area contributed by atoms with Crippen molar-refractivity contribution in [1.82, 2.24) is 19.9 Å². The highest BCUT2D eigenvalue weighted by atomic mass is 35.5. The van der Waals surface area contributed by atoms with E-state index in [1.165, 1.54) is 11.1 Å². The van der Waals surface area contributed by atoms with Gasteiger partial charge in [0.1, 0.15) is 11.0 Å². The molecule has 0 fully saturated rings. The quantitative estimate of drug-likeness (QED) is 0.227. The maximum absolute atomic E-state index is 6.19. The Bertz CT molecular complexity index is 1720. The zero-order chi connectivity index (χ0) is 27.2. The number of aryl methyl sites for hydroxylation is 2. The summed E-state index contributed by atoms with van der Waals surface area (Å²) < 4.78 is 0. The molecule has 6 nitrogen and oxygen atoms in total. The highest BCUT2D eigenvalue weighted by Gasteiger charge is 2.08. The third-order valence-corrected chi connectivity index (χ3v) is 6.57. The molecule has 0 aliphatic heterocycles. The lowest BCUT2D eigenvalue weighted by atomic mass is 10.1. The molecule has 6 aromatic rings. The molecule has 4 heterocycles. The van der Waals surface area contributed by atoms with Crippen molar-refractivity contribution in [1.29, 1.82) is 0 Å². The minimum Gasteiger partial charge on any atom is -0.368 e. The molecular formula is C32H29ClN6. The van der Waals surface area contributed by atoms with E-state index >= 15 is 0 Å². The van der Waals surface area contributed by atoms with Gasteiger partial charge in [0.15, 0.2) is 0 Å². The molecule has 39 heavy (non-hydrogen) atoms. The number of anilines is 1. The summed E-state index contributed by atoms with van der Waals surface area (Å²) in [4.78, 5) is 17.9. The molecule has 0 bridgehead atoms. The zero-order valence-electron chi connectivity index (χ0n) is 21.9. The van der Waals surface area contributed by atoms with Crippen LogP contribution in [-0.4, -0.2) is 33.0 Å². The number of rotatable bonds is 5. The summed E-state index contributed by atoms with van der Waals surface area (Å²) in [6.45, 7) is 5.39. The highest BCUT2D eigenvalue weighted by molar-refractivity contribution is 6.34. The second-order valence-corrected chi connectivity index (χ2v) is 9.60. The third-order valence-electron chi connectivity index (χ3n) is 6.28. The van der Waals surface area contributed by atoms with E-state index < -0.39 is 0 Å². The van der Waals surface area contributed by atoms with Gasteiger partial charge in [-0.05, 0) is 50.2 Å². The second-order valence-electron chi connectivity index (χ2n) is 9.24. The fourth-order valence-corrected chi connectivity index (χ4v) is 4.43. The molecule has 0 aliphatic rings. The van der Waals surface area contributed by atoms with Crippen LogP contribution in [0.4, 0.5) is 5.82 Å². The molecule has 194 valence electrons. The fraction of sp³-hybridized carbons (Fsp3) is 0.125. The standard InChI is InChI=1S/C17H18N4.C15H11ClN2/c1-12-4-6-13(7-5-12)15-11-16-14(3-2-9-19-16)17(21-15)20-10-8-18;1-10-4-6-11(7-5-10)13-9-14-12(15(16)18-13)3-2-8-17-14/h2-7,9,11H,8,10,18H2,1H3,(H,20,21);2-9H,1H3. The average molecular weight is 533 g/mol. The van der Waals surface area contributed by atoms with E-state index in [1.54, 1.807) is 12.4 Å². The normalized spacial score (nSPS) is 10.8. The fourth-order valence-electron chi connectivity index (χ4n) is 4.18. The molecule has 0 unspecified atom stereocenters. The SMILES string of the molecule is Cc1ccc(-c2cc3ncccc3c(Cl)n2)cc1.Cc1ccc(-c2cc3ncccc3c(NCCN)n2)cc1. The zero-order valence-corrected chi connectivity index (χ0v) is 22.7. The van der Waals surface area contributed by atoms with Crippen LogP contribution in [0.1, 0.15) is 11.1 Å². The predicted molar refractivity (Wildman–Crippen MR) is 162 cm³/mol. The van der Waals surface area contributed by atoms with E-state index in [0.717, 1.165) is 50.1 Å². The van der Waals surface area contributed by atoms with E-state index in [0.29, 0.717) is 18.2 Å². The predicted octanol–water partition coefficient (Wildman–Crippen LogP) is 7.23. The number of aromatic nitrogens is 4. The second kappa shape index (κ2) is 12.0. The minimum atomic E-state index is 0.496. The molecule has 6 rings (SSSR count). The molecule has 7 heteroatoms. The van der Waals surface area contributed by atoms with Gasteiger partial charge in [0.25, 0.3) is 0 Å². The van der Waals surface area contributed by atoms with Crippen molar-refractivity contribution in [3.8, 4) is 22.5 Å². The lowest BCUT2D eigenvalue weighted by Crippen LogP contribution is -2.14. The van der Waals surface area contributed by atoms with Crippen LogP contribution >= 0.6 is 11.6 Å².